The highest BCUT2D eigenvalue weighted by atomic mass is 35.5. The van der Waals surface area contributed by atoms with Crippen molar-refractivity contribution in [1.29, 1.82) is 0 Å². The van der Waals surface area contributed by atoms with Crippen LogP contribution in [-0.4, -0.2) is 58.2 Å². The van der Waals surface area contributed by atoms with Crippen LogP contribution < -0.4 is 4.72 Å². The number of anilines is 1. The van der Waals surface area contributed by atoms with Crippen molar-refractivity contribution in [3.05, 3.63) is 29.1 Å². The molecule has 3 heterocycles. The number of hydrogen-bond donors (Lipinski definition) is 1. The van der Waals surface area contributed by atoms with Crippen LogP contribution in [0, 0.1) is 0 Å². The molecule has 170 valence electrons. The highest BCUT2D eigenvalue weighted by Crippen LogP contribution is 2.45. The summed E-state index contributed by atoms with van der Waals surface area (Å²) >= 11 is 5.84. The van der Waals surface area contributed by atoms with Gasteiger partial charge in [-0.25, -0.2) is 18.4 Å². The number of nitrogens with zero attached hydrogens (tertiary/aromatic N) is 5. The van der Waals surface area contributed by atoms with Crippen molar-refractivity contribution >= 4 is 27.6 Å². The van der Waals surface area contributed by atoms with E-state index in [0.29, 0.717) is 11.4 Å². The summed E-state index contributed by atoms with van der Waals surface area (Å²) in [6.45, 7) is 4.37. The van der Waals surface area contributed by atoms with Crippen molar-refractivity contribution in [3.8, 4) is 0 Å². The van der Waals surface area contributed by atoms with Crippen LogP contribution in [0.5, 0.6) is 0 Å². The van der Waals surface area contributed by atoms with E-state index in [1.54, 1.807) is 6.92 Å². The first-order valence-electron chi connectivity index (χ1n) is 10.3. The minimum atomic E-state index is -3.89. The molecule has 12 heteroatoms. The van der Waals surface area contributed by atoms with E-state index in [0.717, 1.165) is 38.1 Å². The molecular weight excluding hydrogens is 444 g/mol. The van der Waals surface area contributed by atoms with E-state index in [4.69, 9.17) is 21.1 Å². The van der Waals surface area contributed by atoms with Crippen molar-refractivity contribution in [2.45, 2.75) is 68.9 Å². The van der Waals surface area contributed by atoms with Crippen molar-refractivity contribution in [3.63, 3.8) is 0 Å². The van der Waals surface area contributed by atoms with Gasteiger partial charge in [0.15, 0.2) is 5.82 Å². The van der Waals surface area contributed by atoms with E-state index in [9.17, 15) is 8.42 Å². The molecule has 4 rings (SSSR count). The smallest absolute Gasteiger partial charge is 0.240 e. The molecule has 10 nitrogen and oxygen atoms in total. The van der Waals surface area contributed by atoms with Gasteiger partial charge in [-0.3, -0.25) is 9.29 Å². The zero-order chi connectivity index (χ0) is 22.2. The second-order valence-corrected chi connectivity index (χ2v) is 10.9. The molecule has 1 saturated carbocycles. The van der Waals surface area contributed by atoms with Crippen molar-refractivity contribution < 1.29 is 17.9 Å². The van der Waals surface area contributed by atoms with Crippen LogP contribution >= 0.6 is 11.6 Å². The highest BCUT2D eigenvalue weighted by Gasteiger charge is 2.44. The molecule has 1 aliphatic carbocycles. The first kappa shape index (κ1) is 22.4. The van der Waals surface area contributed by atoms with Crippen LogP contribution in [0.25, 0.3) is 0 Å². The Hall–Kier alpha value is -1.82. The minimum absolute atomic E-state index is 0.0913. The Bertz CT molecular complexity index is 1020. The van der Waals surface area contributed by atoms with Crippen LogP contribution in [0.4, 0.5) is 5.95 Å². The number of nitrogens with one attached hydrogen (secondary N) is 1. The summed E-state index contributed by atoms with van der Waals surface area (Å²) in [6.07, 6.45) is 6.51. The quantitative estimate of drug-likeness (QED) is 0.593. The van der Waals surface area contributed by atoms with Gasteiger partial charge in [-0.1, -0.05) is 11.6 Å². The summed E-state index contributed by atoms with van der Waals surface area (Å²) in [4.78, 5) is 8.22. The molecule has 0 amide bonds. The molecule has 0 spiro atoms. The van der Waals surface area contributed by atoms with E-state index in [-0.39, 0.29) is 23.4 Å². The number of sulfonamides is 1. The zero-order valence-corrected chi connectivity index (χ0v) is 19.4. The number of rotatable bonds is 9. The monoisotopic (exact) mass is 470 g/mol. The van der Waals surface area contributed by atoms with Gasteiger partial charge in [0.25, 0.3) is 0 Å². The minimum Gasteiger partial charge on any atom is -0.378 e. The molecule has 2 aliphatic rings. The summed E-state index contributed by atoms with van der Waals surface area (Å²) < 4.78 is 42.1. The van der Waals surface area contributed by atoms with Crippen molar-refractivity contribution in [1.82, 2.24) is 24.7 Å². The van der Waals surface area contributed by atoms with E-state index in [2.05, 4.69) is 31.8 Å². The van der Waals surface area contributed by atoms with Gasteiger partial charge in [0.2, 0.25) is 16.0 Å². The molecule has 2 fully saturated rings. The Morgan fingerprint density at radius 2 is 2.06 bits per heavy atom. The lowest BCUT2D eigenvalue weighted by atomic mass is 10.1. The normalized spacial score (nSPS) is 22.3. The maximum absolute atomic E-state index is 13.2. The van der Waals surface area contributed by atoms with E-state index in [1.165, 1.54) is 19.5 Å². The molecule has 0 aromatic carbocycles. The maximum atomic E-state index is 13.2. The highest BCUT2D eigenvalue weighted by molar-refractivity contribution is 7.93. The SMILES string of the molecule is COC(c1ncc(Cl)cn1)C(C)S(=O)(=O)Nc1nnc(C[C@@H]2CCCO2)n1C1(C)CC1. The van der Waals surface area contributed by atoms with Gasteiger partial charge in [0.05, 0.1) is 11.1 Å². The molecule has 0 radical (unpaired) electrons. The van der Waals surface area contributed by atoms with Crippen molar-refractivity contribution in [2.75, 3.05) is 18.4 Å². The Morgan fingerprint density at radius 1 is 1.35 bits per heavy atom. The third-order valence-corrected chi connectivity index (χ3v) is 7.86. The Balaban J connectivity index is 1.58. The lowest BCUT2D eigenvalue weighted by Crippen LogP contribution is -2.34. The van der Waals surface area contributed by atoms with Crippen LogP contribution in [0.2, 0.25) is 5.02 Å². The van der Waals surface area contributed by atoms with Gasteiger partial charge in [-0.15, -0.1) is 10.2 Å². The molecule has 1 aliphatic heterocycles. The lowest BCUT2D eigenvalue weighted by molar-refractivity contribution is 0.0950. The standard InChI is InChI=1S/C19H27ClN6O4S/c1-12(16(29-3)17-21-10-13(20)11-22-17)31(27,28)25-18-24-23-15(9-14-5-4-8-30-14)26(18)19(2)6-7-19/h10-12,14,16H,4-9H2,1-3H3,(H,24,25)/t12?,14-,16?/m0/s1. The van der Waals surface area contributed by atoms with Gasteiger partial charge in [0.1, 0.15) is 17.2 Å². The van der Waals surface area contributed by atoms with E-state index >= 15 is 0 Å². The second-order valence-electron chi connectivity index (χ2n) is 8.38. The maximum Gasteiger partial charge on any atom is 0.240 e. The second kappa shape index (κ2) is 8.61. The molecule has 1 N–H and O–H groups in total. The lowest BCUT2D eigenvalue weighted by Gasteiger charge is -2.23. The van der Waals surface area contributed by atoms with Crippen LogP contribution in [0.15, 0.2) is 12.4 Å². The summed E-state index contributed by atoms with van der Waals surface area (Å²) in [5.41, 5.74) is -0.196. The molecular formula is C19H27ClN6O4S. The fraction of sp³-hybridized carbons (Fsp3) is 0.684. The molecule has 1 saturated heterocycles. The summed E-state index contributed by atoms with van der Waals surface area (Å²) in [7, 11) is -2.48. The summed E-state index contributed by atoms with van der Waals surface area (Å²) in [6, 6.07) is 0. The number of halogens is 1. The van der Waals surface area contributed by atoms with Gasteiger partial charge >= 0.3 is 0 Å². The predicted molar refractivity (Wildman–Crippen MR) is 114 cm³/mol. The molecule has 31 heavy (non-hydrogen) atoms. The van der Waals surface area contributed by atoms with Gasteiger partial charge in [0, 0.05) is 38.1 Å². The number of methoxy groups -OCH3 is 1. The molecule has 2 aromatic heterocycles. The van der Waals surface area contributed by atoms with E-state index < -0.39 is 21.4 Å². The van der Waals surface area contributed by atoms with Gasteiger partial charge in [-0.2, -0.15) is 0 Å². The Labute approximate surface area is 186 Å². The predicted octanol–water partition coefficient (Wildman–Crippen LogP) is 2.47. The molecule has 2 aromatic rings. The Morgan fingerprint density at radius 3 is 2.65 bits per heavy atom. The average molecular weight is 471 g/mol. The van der Waals surface area contributed by atoms with Gasteiger partial charge < -0.3 is 9.47 Å². The Kier molecular flexibility index (Phi) is 6.21. The summed E-state index contributed by atoms with van der Waals surface area (Å²) in [5.74, 6) is 1.19. The van der Waals surface area contributed by atoms with Crippen molar-refractivity contribution in [2.24, 2.45) is 0 Å². The van der Waals surface area contributed by atoms with Crippen LogP contribution in [-0.2, 0) is 31.5 Å². The van der Waals surface area contributed by atoms with Gasteiger partial charge in [-0.05, 0) is 39.5 Å². The molecule has 0 bridgehead atoms. The van der Waals surface area contributed by atoms with E-state index in [1.807, 2.05) is 4.57 Å². The largest absolute Gasteiger partial charge is 0.378 e. The first-order valence-corrected chi connectivity index (χ1v) is 12.2. The average Bonchev–Trinajstić information content (AvgIpc) is 3.11. The third kappa shape index (κ3) is 4.69. The summed E-state index contributed by atoms with van der Waals surface area (Å²) in [5, 5.41) is 7.85. The fourth-order valence-electron chi connectivity index (χ4n) is 3.85. The molecule has 2 unspecified atom stereocenters. The van der Waals surface area contributed by atoms with Crippen LogP contribution in [0.3, 0.4) is 0 Å². The molecule has 3 atom stereocenters. The number of ether oxygens (including phenoxy) is 2. The third-order valence-electron chi connectivity index (χ3n) is 5.98. The topological polar surface area (TPSA) is 121 Å². The zero-order valence-electron chi connectivity index (χ0n) is 17.8. The fourth-order valence-corrected chi connectivity index (χ4v) is 5.08. The number of hydrogen-bond acceptors (Lipinski definition) is 8. The van der Waals surface area contributed by atoms with Crippen LogP contribution in [0.1, 0.15) is 57.3 Å². The first-order chi connectivity index (χ1) is 14.7. The number of aromatic nitrogens is 5.